The Bertz CT molecular complexity index is 765. The van der Waals surface area contributed by atoms with Crippen molar-refractivity contribution in [2.75, 3.05) is 6.26 Å². The van der Waals surface area contributed by atoms with Gasteiger partial charge in [0.2, 0.25) is 0 Å². The lowest BCUT2D eigenvalue weighted by Crippen LogP contribution is -2.05. The molecule has 3 rings (SSSR count). The summed E-state index contributed by atoms with van der Waals surface area (Å²) in [5.41, 5.74) is 2.67. The number of ether oxygens (including phenoxy) is 1. The minimum absolute atomic E-state index is 0.294. The van der Waals surface area contributed by atoms with Crippen LogP contribution in [0.5, 0.6) is 0 Å². The molecule has 0 fully saturated rings. The molecule has 0 radical (unpaired) electrons. The Labute approximate surface area is 127 Å². The molecule has 0 spiro atoms. The summed E-state index contributed by atoms with van der Waals surface area (Å²) in [6.45, 7) is 0.295. The minimum Gasteiger partial charge on any atom is -0.457 e. The lowest BCUT2D eigenvalue weighted by Gasteiger charge is -2.05. The molecule has 0 N–H and O–H groups in total. The predicted molar refractivity (Wildman–Crippen MR) is 86.4 cm³/mol. The van der Waals surface area contributed by atoms with Gasteiger partial charge < -0.3 is 4.74 Å². The molecule has 0 aliphatic heterocycles. The van der Waals surface area contributed by atoms with E-state index >= 15 is 0 Å². The van der Waals surface area contributed by atoms with E-state index in [4.69, 9.17) is 4.74 Å². The summed E-state index contributed by atoms with van der Waals surface area (Å²) in [5, 5.41) is 1.04. The second-order valence-electron chi connectivity index (χ2n) is 4.66. The van der Waals surface area contributed by atoms with Crippen LogP contribution in [0.3, 0.4) is 0 Å². The molecular formula is C17H15NO2S. The SMILES string of the molecule is CSn1ccc2cc(C(=O)OCc3ccccc3)ccc21. The van der Waals surface area contributed by atoms with E-state index in [1.807, 2.05) is 67.0 Å². The Balaban J connectivity index is 1.75. The van der Waals surface area contributed by atoms with Gasteiger partial charge in [0.05, 0.1) is 11.1 Å². The maximum atomic E-state index is 12.1. The van der Waals surface area contributed by atoms with Crippen LogP contribution in [0.25, 0.3) is 10.9 Å². The molecule has 21 heavy (non-hydrogen) atoms. The summed E-state index contributed by atoms with van der Waals surface area (Å²) < 4.78 is 7.41. The van der Waals surface area contributed by atoms with Gasteiger partial charge in [0.15, 0.2) is 0 Å². The molecule has 4 heteroatoms. The summed E-state index contributed by atoms with van der Waals surface area (Å²) >= 11 is 1.63. The third kappa shape index (κ3) is 2.95. The molecule has 0 aliphatic rings. The number of nitrogens with zero attached hydrogens (tertiary/aromatic N) is 1. The third-order valence-corrected chi connectivity index (χ3v) is 4.01. The molecule has 3 nitrogen and oxygen atoms in total. The summed E-state index contributed by atoms with van der Waals surface area (Å²) in [6, 6.07) is 17.3. The first-order valence-corrected chi connectivity index (χ1v) is 7.83. The van der Waals surface area contributed by atoms with Crippen molar-refractivity contribution in [1.29, 1.82) is 0 Å². The van der Waals surface area contributed by atoms with Gasteiger partial charge in [-0.05, 0) is 41.8 Å². The zero-order chi connectivity index (χ0) is 14.7. The molecule has 0 amide bonds. The van der Waals surface area contributed by atoms with Crippen LogP contribution in [0.4, 0.5) is 0 Å². The summed E-state index contributed by atoms with van der Waals surface area (Å²) in [5.74, 6) is -0.294. The monoisotopic (exact) mass is 297 g/mol. The van der Waals surface area contributed by atoms with Crippen molar-refractivity contribution in [3.05, 3.63) is 71.9 Å². The largest absolute Gasteiger partial charge is 0.457 e. The molecule has 1 heterocycles. The fraction of sp³-hybridized carbons (Fsp3) is 0.118. The second kappa shape index (κ2) is 6.06. The van der Waals surface area contributed by atoms with Crippen molar-refractivity contribution >= 4 is 28.8 Å². The van der Waals surface area contributed by atoms with E-state index in [1.165, 1.54) is 0 Å². The number of esters is 1. The highest BCUT2D eigenvalue weighted by Crippen LogP contribution is 2.21. The van der Waals surface area contributed by atoms with E-state index in [9.17, 15) is 4.79 Å². The van der Waals surface area contributed by atoms with Gasteiger partial charge in [-0.2, -0.15) is 0 Å². The number of carbonyl (C=O) groups excluding carboxylic acids is 1. The number of hydrogen-bond donors (Lipinski definition) is 0. The summed E-state index contributed by atoms with van der Waals surface area (Å²) in [4.78, 5) is 12.1. The zero-order valence-corrected chi connectivity index (χ0v) is 12.5. The van der Waals surface area contributed by atoms with Gasteiger partial charge in [-0.3, -0.25) is 3.97 Å². The van der Waals surface area contributed by atoms with Crippen LogP contribution >= 0.6 is 11.9 Å². The van der Waals surface area contributed by atoms with Crippen LogP contribution in [0.15, 0.2) is 60.8 Å². The molecule has 0 aliphatic carbocycles. The van der Waals surface area contributed by atoms with Crippen LogP contribution in [0, 0.1) is 0 Å². The van der Waals surface area contributed by atoms with E-state index in [2.05, 4.69) is 3.97 Å². The highest BCUT2D eigenvalue weighted by Gasteiger charge is 2.09. The number of hydrogen-bond acceptors (Lipinski definition) is 3. The third-order valence-electron chi connectivity index (χ3n) is 3.30. The van der Waals surface area contributed by atoms with Crippen LogP contribution in [0.1, 0.15) is 15.9 Å². The number of rotatable bonds is 4. The van der Waals surface area contributed by atoms with Gasteiger partial charge in [-0.1, -0.05) is 30.3 Å². The highest BCUT2D eigenvalue weighted by molar-refractivity contribution is 7.97. The number of fused-ring (bicyclic) bond motifs is 1. The van der Waals surface area contributed by atoms with E-state index in [1.54, 1.807) is 11.9 Å². The molecule has 0 unspecified atom stereocenters. The van der Waals surface area contributed by atoms with E-state index in [0.717, 1.165) is 16.5 Å². The van der Waals surface area contributed by atoms with Crippen LogP contribution < -0.4 is 0 Å². The van der Waals surface area contributed by atoms with Crippen molar-refractivity contribution in [3.8, 4) is 0 Å². The van der Waals surface area contributed by atoms with Gasteiger partial charge in [0.25, 0.3) is 0 Å². The first kappa shape index (κ1) is 13.8. The maximum absolute atomic E-state index is 12.1. The molecular weight excluding hydrogens is 282 g/mol. The standard InChI is InChI=1S/C17H15NO2S/c1-21-18-10-9-14-11-15(7-8-16(14)18)17(19)20-12-13-5-3-2-4-6-13/h2-11H,12H2,1H3. The topological polar surface area (TPSA) is 31.2 Å². The van der Waals surface area contributed by atoms with Gasteiger partial charge in [0.1, 0.15) is 6.61 Å². The summed E-state index contributed by atoms with van der Waals surface area (Å²) in [7, 11) is 0. The zero-order valence-electron chi connectivity index (χ0n) is 11.7. The molecule has 1 aromatic heterocycles. The molecule has 106 valence electrons. The average Bonchev–Trinajstić information content (AvgIpc) is 2.95. The number of benzene rings is 2. The minimum atomic E-state index is -0.294. The van der Waals surface area contributed by atoms with Crippen LogP contribution in [-0.2, 0) is 11.3 Å². The Hall–Kier alpha value is -2.20. The van der Waals surface area contributed by atoms with Crippen molar-refractivity contribution in [3.63, 3.8) is 0 Å². The Kier molecular flexibility index (Phi) is 3.97. The molecule has 0 saturated heterocycles. The second-order valence-corrected chi connectivity index (χ2v) is 5.42. The van der Waals surface area contributed by atoms with Gasteiger partial charge in [0, 0.05) is 17.8 Å². The van der Waals surface area contributed by atoms with Crippen LogP contribution in [-0.4, -0.2) is 16.2 Å². The fourth-order valence-electron chi connectivity index (χ4n) is 2.21. The first-order chi connectivity index (χ1) is 10.3. The van der Waals surface area contributed by atoms with Crippen molar-refractivity contribution in [2.24, 2.45) is 0 Å². The fourth-order valence-corrected chi connectivity index (χ4v) is 2.76. The normalized spacial score (nSPS) is 10.7. The molecule has 0 saturated carbocycles. The van der Waals surface area contributed by atoms with E-state index in [0.29, 0.717) is 12.2 Å². The van der Waals surface area contributed by atoms with Crippen LogP contribution in [0.2, 0.25) is 0 Å². The maximum Gasteiger partial charge on any atom is 0.338 e. The Morgan fingerprint density at radius 1 is 1.14 bits per heavy atom. The Morgan fingerprint density at radius 3 is 2.71 bits per heavy atom. The van der Waals surface area contributed by atoms with Gasteiger partial charge in [-0.25, -0.2) is 4.79 Å². The number of aromatic nitrogens is 1. The first-order valence-electron chi connectivity index (χ1n) is 6.64. The molecule has 0 atom stereocenters. The number of carbonyl (C=O) groups is 1. The van der Waals surface area contributed by atoms with Gasteiger partial charge in [-0.15, -0.1) is 0 Å². The predicted octanol–water partition coefficient (Wildman–Crippen LogP) is 4.12. The summed E-state index contributed by atoms with van der Waals surface area (Å²) in [6.07, 6.45) is 4.01. The lowest BCUT2D eigenvalue weighted by molar-refractivity contribution is 0.0473. The molecule has 3 aromatic rings. The lowest BCUT2D eigenvalue weighted by atomic mass is 10.1. The Morgan fingerprint density at radius 2 is 1.95 bits per heavy atom. The van der Waals surface area contributed by atoms with Crippen molar-refractivity contribution < 1.29 is 9.53 Å². The molecule has 0 bridgehead atoms. The smallest absolute Gasteiger partial charge is 0.338 e. The average molecular weight is 297 g/mol. The van der Waals surface area contributed by atoms with Crippen molar-refractivity contribution in [1.82, 2.24) is 3.97 Å². The van der Waals surface area contributed by atoms with E-state index < -0.39 is 0 Å². The van der Waals surface area contributed by atoms with Gasteiger partial charge >= 0.3 is 5.97 Å². The van der Waals surface area contributed by atoms with Crippen molar-refractivity contribution in [2.45, 2.75) is 6.61 Å². The highest BCUT2D eigenvalue weighted by atomic mass is 32.2. The van der Waals surface area contributed by atoms with E-state index in [-0.39, 0.29) is 5.97 Å². The molecule has 2 aromatic carbocycles. The quantitative estimate of drug-likeness (QED) is 0.679.